The Morgan fingerprint density at radius 3 is 1.94 bits per heavy atom. The predicted octanol–water partition coefficient (Wildman–Crippen LogP) is 1.71. The van der Waals surface area contributed by atoms with Crippen molar-refractivity contribution in [2.75, 3.05) is 0 Å². The molecule has 2 N–H and O–H groups in total. The van der Waals surface area contributed by atoms with Gasteiger partial charge in [0.25, 0.3) is 0 Å². The molecule has 4 aliphatic rings. The van der Waals surface area contributed by atoms with Crippen LogP contribution in [0.5, 0.6) is 0 Å². The summed E-state index contributed by atoms with van der Waals surface area (Å²) in [5.74, 6) is 1.01. The Kier molecular flexibility index (Phi) is 2.68. The minimum Gasteiger partial charge on any atom is -0.478 e. The van der Waals surface area contributed by atoms with E-state index in [1.807, 2.05) is 0 Å². The topological polar surface area (TPSA) is 66.4 Å². The number of carbonyl (C=O) groups excluding carboxylic acids is 1. The minimum atomic E-state index is -1.07. The van der Waals surface area contributed by atoms with E-state index in [0.717, 1.165) is 49.2 Å². The zero-order chi connectivity index (χ0) is 12.8. The molecule has 0 atom stereocenters. The van der Waals surface area contributed by atoms with Gasteiger partial charge in [-0.2, -0.15) is 0 Å². The molecule has 4 rings (SSSR count). The Morgan fingerprint density at radius 1 is 1.00 bits per heavy atom. The van der Waals surface area contributed by atoms with Crippen LogP contribution in [-0.4, -0.2) is 22.5 Å². The van der Waals surface area contributed by atoms with Gasteiger partial charge in [-0.3, -0.25) is 4.79 Å². The first kappa shape index (κ1) is 11.8. The minimum absolute atomic E-state index is 0.0331. The Morgan fingerprint density at radius 2 is 1.50 bits per heavy atom. The van der Waals surface area contributed by atoms with Crippen LogP contribution >= 0.6 is 0 Å². The molecule has 0 saturated heterocycles. The molecule has 18 heavy (non-hydrogen) atoms. The van der Waals surface area contributed by atoms with Gasteiger partial charge in [-0.1, -0.05) is 0 Å². The number of hydrogen-bond donors (Lipinski definition) is 2. The SMILES string of the molecule is O=C(O)/C=C/C(=O)NC12CC3CC(CC(C3)C1)C2. The second-order valence-electron chi connectivity index (χ2n) is 6.36. The lowest BCUT2D eigenvalue weighted by Crippen LogP contribution is -2.59. The van der Waals surface area contributed by atoms with Crippen molar-refractivity contribution in [2.24, 2.45) is 17.8 Å². The molecule has 0 aromatic rings. The van der Waals surface area contributed by atoms with Crippen LogP contribution in [0.3, 0.4) is 0 Å². The molecule has 0 spiro atoms. The third-order valence-electron chi connectivity index (χ3n) is 4.80. The smallest absolute Gasteiger partial charge is 0.328 e. The van der Waals surface area contributed by atoms with Gasteiger partial charge in [0.2, 0.25) is 5.91 Å². The molecule has 4 bridgehead atoms. The van der Waals surface area contributed by atoms with Crippen molar-refractivity contribution in [1.82, 2.24) is 5.32 Å². The van der Waals surface area contributed by atoms with Crippen molar-refractivity contribution >= 4 is 11.9 Å². The lowest BCUT2D eigenvalue weighted by molar-refractivity contribution is -0.132. The van der Waals surface area contributed by atoms with Crippen molar-refractivity contribution in [3.8, 4) is 0 Å². The maximum atomic E-state index is 11.8. The Labute approximate surface area is 106 Å². The first-order valence-electron chi connectivity index (χ1n) is 6.78. The zero-order valence-electron chi connectivity index (χ0n) is 10.4. The van der Waals surface area contributed by atoms with Crippen LogP contribution in [-0.2, 0) is 9.59 Å². The molecule has 0 aromatic heterocycles. The Bertz CT molecular complexity index is 378. The van der Waals surface area contributed by atoms with Crippen LogP contribution in [0, 0.1) is 17.8 Å². The molecule has 0 aliphatic heterocycles. The van der Waals surface area contributed by atoms with Crippen molar-refractivity contribution in [2.45, 2.75) is 44.1 Å². The fourth-order valence-corrected chi connectivity index (χ4v) is 4.71. The Hall–Kier alpha value is -1.32. The largest absolute Gasteiger partial charge is 0.478 e. The van der Waals surface area contributed by atoms with Crippen molar-refractivity contribution in [3.05, 3.63) is 12.2 Å². The van der Waals surface area contributed by atoms with E-state index in [1.54, 1.807) is 0 Å². The number of aliphatic carboxylic acids is 1. The summed E-state index contributed by atoms with van der Waals surface area (Å²) >= 11 is 0. The number of hydrogen-bond acceptors (Lipinski definition) is 2. The maximum absolute atomic E-state index is 11.8. The van der Waals surface area contributed by atoms with Gasteiger partial charge in [-0.05, 0) is 56.3 Å². The van der Waals surface area contributed by atoms with E-state index in [0.29, 0.717) is 0 Å². The van der Waals surface area contributed by atoms with Gasteiger partial charge in [0.1, 0.15) is 0 Å². The van der Waals surface area contributed by atoms with E-state index in [9.17, 15) is 9.59 Å². The summed E-state index contributed by atoms with van der Waals surface area (Å²) < 4.78 is 0. The van der Waals surface area contributed by atoms with E-state index < -0.39 is 5.97 Å². The third-order valence-corrected chi connectivity index (χ3v) is 4.80. The van der Waals surface area contributed by atoms with Gasteiger partial charge < -0.3 is 10.4 Å². The lowest BCUT2D eigenvalue weighted by Gasteiger charge is -2.56. The van der Waals surface area contributed by atoms with Crippen LogP contribution in [0.2, 0.25) is 0 Å². The summed E-state index contributed by atoms with van der Waals surface area (Å²) in [6.45, 7) is 0. The fourth-order valence-electron chi connectivity index (χ4n) is 4.71. The highest BCUT2D eigenvalue weighted by molar-refractivity contribution is 5.94. The third kappa shape index (κ3) is 2.16. The number of carboxylic acids is 1. The van der Waals surface area contributed by atoms with Crippen molar-refractivity contribution in [3.63, 3.8) is 0 Å². The first-order chi connectivity index (χ1) is 8.55. The average Bonchev–Trinajstić information content (AvgIpc) is 2.23. The first-order valence-corrected chi connectivity index (χ1v) is 6.78. The summed E-state index contributed by atoms with van der Waals surface area (Å²) in [4.78, 5) is 22.2. The predicted molar refractivity (Wildman–Crippen MR) is 65.8 cm³/mol. The van der Waals surface area contributed by atoms with Crippen LogP contribution in [0.4, 0.5) is 0 Å². The van der Waals surface area contributed by atoms with Crippen molar-refractivity contribution < 1.29 is 14.7 Å². The van der Waals surface area contributed by atoms with Crippen molar-refractivity contribution in [1.29, 1.82) is 0 Å². The summed E-state index contributed by atoms with van der Waals surface area (Å²) in [7, 11) is 0. The number of amides is 1. The monoisotopic (exact) mass is 249 g/mol. The zero-order valence-corrected chi connectivity index (χ0v) is 10.4. The molecule has 0 unspecified atom stereocenters. The summed E-state index contributed by atoms with van der Waals surface area (Å²) in [5, 5.41) is 11.6. The second-order valence-corrected chi connectivity index (χ2v) is 6.36. The van der Waals surface area contributed by atoms with Gasteiger partial charge in [0.05, 0.1) is 0 Å². The van der Waals surface area contributed by atoms with E-state index in [-0.39, 0.29) is 11.4 Å². The number of nitrogens with one attached hydrogen (secondary N) is 1. The fraction of sp³-hybridized carbons (Fsp3) is 0.714. The molecule has 4 aliphatic carbocycles. The standard InChI is InChI=1S/C14H19NO3/c16-12(1-2-13(17)18)15-14-6-9-3-10(7-14)5-11(4-9)8-14/h1-2,9-11H,3-8H2,(H,15,16)(H,17,18)/b2-1+. The Balaban J connectivity index is 1.68. The van der Waals surface area contributed by atoms with E-state index in [4.69, 9.17) is 5.11 Å². The molecule has 4 nitrogen and oxygen atoms in total. The van der Waals surface area contributed by atoms with Gasteiger partial charge in [0, 0.05) is 17.7 Å². The summed E-state index contributed by atoms with van der Waals surface area (Å²) in [5.41, 5.74) is -0.0331. The van der Waals surface area contributed by atoms with Gasteiger partial charge in [-0.25, -0.2) is 4.79 Å². The van der Waals surface area contributed by atoms with Crippen LogP contribution in [0.25, 0.3) is 0 Å². The molecule has 0 heterocycles. The molecular weight excluding hydrogens is 230 g/mol. The van der Waals surface area contributed by atoms with E-state index in [1.165, 1.54) is 19.3 Å². The summed E-state index contributed by atoms with van der Waals surface area (Å²) in [6.07, 6.45) is 9.32. The van der Waals surface area contributed by atoms with E-state index in [2.05, 4.69) is 5.32 Å². The second kappa shape index (κ2) is 4.11. The lowest BCUT2D eigenvalue weighted by atomic mass is 9.53. The van der Waals surface area contributed by atoms with Crippen LogP contribution in [0.15, 0.2) is 12.2 Å². The van der Waals surface area contributed by atoms with Gasteiger partial charge in [0.15, 0.2) is 0 Å². The normalized spacial score (nSPS) is 41.2. The molecule has 0 radical (unpaired) electrons. The van der Waals surface area contributed by atoms with Gasteiger partial charge >= 0.3 is 5.97 Å². The number of carboxylic acid groups (broad SMARTS) is 1. The molecule has 4 fully saturated rings. The van der Waals surface area contributed by atoms with Gasteiger partial charge in [-0.15, -0.1) is 0 Å². The highest BCUT2D eigenvalue weighted by Crippen LogP contribution is 2.55. The maximum Gasteiger partial charge on any atom is 0.328 e. The molecule has 4 saturated carbocycles. The average molecular weight is 249 g/mol. The molecule has 4 heteroatoms. The molecule has 0 aromatic carbocycles. The highest BCUT2D eigenvalue weighted by atomic mass is 16.4. The quantitative estimate of drug-likeness (QED) is 0.748. The highest BCUT2D eigenvalue weighted by Gasteiger charge is 2.51. The molecular formula is C14H19NO3. The van der Waals surface area contributed by atoms with Crippen LogP contribution in [0.1, 0.15) is 38.5 Å². The number of rotatable bonds is 3. The van der Waals surface area contributed by atoms with E-state index >= 15 is 0 Å². The van der Waals surface area contributed by atoms with Crippen LogP contribution < -0.4 is 5.32 Å². The summed E-state index contributed by atoms with van der Waals surface area (Å²) in [6, 6.07) is 0. The molecule has 98 valence electrons. The number of carbonyl (C=O) groups is 2. The molecule has 1 amide bonds.